The van der Waals surface area contributed by atoms with Crippen LogP contribution in [0.25, 0.3) is 0 Å². The number of nitrogens with zero attached hydrogens (tertiary/aromatic N) is 3. The average molecular weight is 224 g/mol. The molecule has 0 aromatic carbocycles. The van der Waals surface area contributed by atoms with Crippen molar-refractivity contribution in [1.82, 2.24) is 14.8 Å². The summed E-state index contributed by atoms with van der Waals surface area (Å²) in [6, 6.07) is 0. The summed E-state index contributed by atoms with van der Waals surface area (Å²) >= 11 is 0. The van der Waals surface area contributed by atoms with Crippen molar-refractivity contribution in [3.8, 4) is 0 Å². The zero-order chi connectivity index (χ0) is 12.1. The molecule has 0 fully saturated rings. The molecule has 4 nitrogen and oxygen atoms in total. The highest BCUT2D eigenvalue weighted by atomic mass is 15.3. The third-order valence-corrected chi connectivity index (χ3v) is 2.82. The molecule has 1 atom stereocenters. The Kier molecular flexibility index (Phi) is 4.93. The van der Waals surface area contributed by atoms with Crippen molar-refractivity contribution in [1.29, 1.82) is 0 Å². The van der Waals surface area contributed by atoms with E-state index in [1.807, 2.05) is 6.92 Å². The molecule has 0 aliphatic heterocycles. The zero-order valence-corrected chi connectivity index (χ0v) is 10.9. The van der Waals surface area contributed by atoms with E-state index in [4.69, 9.17) is 5.73 Å². The number of nitrogens with two attached hydrogens (primary N) is 1. The van der Waals surface area contributed by atoms with Gasteiger partial charge in [0.15, 0.2) is 0 Å². The van der Waals surface area contributed by atoms with Crippen molar-refractivity contribution in [2.75, 3.05) is 6.54 Å². The number of hydrogen-bond acceptors (Lipinski definition) is 3. The molecule has 0 bridgehead atoms. The van der Waals surface area contributed by atoms with Crippen LogP contribution in [0.4, 0.5) is 0 Å². The molecule has 1 unspecified atom stereocenters. The third kappa shape index (κ3) is 3.04. The molecule has 0 radical (unpaired) electrons. The van der Waals surface area contributed by atoms with Crippen LogP contribution in [0.15, 0.2) is 0 Å². The number of rotatable bonds is 6. The summed E-state index contributed by atoms with van der Waals surface area (Å²) in [4.78, 5) is 0. The average Bonchev–Trinajstić information content (AvgIpc) is 2.58. The predicted molar refractivity (Wildman–Crippen MR) is 66.3 cm³/mol. The maximum Gasteiger partial charge on any atom is 0.137 e. The normalized spacial score (nSPS) is 13.4. The number of hydrogen-bond donors (Lipinski definition) is 1. The maximum absolute atomic E-state index is 5.85. The van der Waals surface area contributed by atoms with Gasteiger partial charge in [0.05, 0.1) is 0 Å². The monoisotopic (exact) mass is 224 g/mol. The van der Waals surface area contributed by atoms with Gasteiger partial charge in [-0.3, -0.25) is 0 Å². The van der Waals surface area contributed by atoms with Crippen molar-refractivity contribution < 1.29 is 0 Å². The first-order valence-corrected chi connectivity index (χ1v) is 6.19. The van der Waals surface area contributed by atoms with Gasteiger partial charge in [0.25, 0.3) is 0 Å². The first-order valence-electron chi connectivity index (χ1n) is 6.19. The lowest BCUT2D eigenvalue weighted by Crippen LogP contribution is -2.19. The van der Waals surface area contributed by atoms with E-state index >= 15 is 0 Å². The molecule has 0 aliphatic carbocycles. The van der Waals surface area contributed by atoms with Gasteiger partial charge < -0.3 is 10.3 Å². The van der Waals surface area contributed by atoms with E-state index < -0.39 is 0 Å². The molecular formula is C12H24N4. The molecule has 16 heavy (non-hydrogen) atoms. The second-order valence-corrected chi connectivity index (χ2v) is 4.82. The van der Waals surface area contributed by atoms with Gasteiger partial charge in [0, 0.05) is 19.0 Å². The summed E-state index contributed by atoms with van der Waals surface area (Å²) < 4.78 is 2.21. The van der Waals surface area contributed by atoms with Gasteiger partial charge in [-0.2, -0.15) is 0 Å². The lowest BCUT2D eigenvalue weighted by atomic mass is 9.96. The minimum Gasteiger partial charge on any atom is -0.330 e. The van der Waals surface area contributed by atoms with Crippen LogP contribution in [0.2, 0.25) is 0 Å². The second-order valence-electron chi connectivity index (χ2n) is 4.82. The van der Waals surface area contributed by atoms with Gasteiger partial charge in [-0.05, 0) is 25.7 Å². The Balaban J connectivity index is 2.90. The van der Waals surface area contributed by atoms with Crippen LogP contribution in [0.3, 0.4) is 0 Å². The molecule has 92 valence electrons. The standard InChI is InChI=1S/C12H24N4/c1-5-6-16-10(4)14-15-12(16)11(8-13)7-9(2)3/h9,11H,5-8,13H2,1-4H3. The highest BCUT2D eigenvalue weighted by Gasteiger charge is 2.19. The van der Waals surface area contributed by atoms with Gasteiger partial charge >= 0.3 is 0 Å². The molecule has 1 aromatic heterocycles. The molecule has 1 heterocycles. The van der Waals surface area contributed by atoms with Crippen LogP contribution >= 0.6 is 0 Å². The third-order valence-electron chi connectivity index (χ3n) is 2.82. The molecule has 1 rings (SSSR count). The lowest BCUT2D eigenvalue weighted by molar-refractivity contribution is 0.465. The summed E-state index contributed by atoms with van der Waals surface area (Å²) in [5, 5.41) is 8.46. The van der Waals surface area contributed by atoms with Crippen LogP contribution in [-0.4, -0.2) is 21.3 Å². The predicted octanol–water partition coefficient (Wildman–Crippen LogP) is 2.08. The molecule has 0 saturated carbocycles. The van der Waals surface area contributed by atoms with E-state index in [1.54, 1.807) is 0 Å². The number of aryl methyl sites for hydroxylation is 1. The van der Waals surface area contributed by atoms with E-state index in [-0.39, 0.29) is 0 Å². The Labute approximate surface area is 98.2 Å². The minimum absolute atomic E-state index is 0.341. The Morgan fingerprint density at radius 3 is 2.50 bits per heavy atom. The molecule has 0 aliphatic rings. The van der Waals surface area contributed by atoms with Crippen molar-refractivity contribution in [3.05, 3.63) is 11.6 Å². The first-order chi connectivity index (χ1) is 7.60. The van der Waals surface area contributed by atoms with E-state index in [2.05, 4.69) is 35.5 Å². The van der Waals surface area contributed by atoms with Gasteiger partial charge in [0.1, 0.15) is 11.6 Å². The first kappa shape index (κ1) is 13.2. The van der Waals surface area contributed by atoms with E-state index in [0.29, 0.717) is 18.4 Å². The van der Waals surface area contributed by atoms with Crippen LogP contribution in [0, 0.1) is 12.8 Å². The van der Waals surface area contributed by atoms with Crippen molar-refractivity contribution >= 4 is 0 Å². The molecular weight excluding hydrogens is 200 g/mol. The fourth-order valence-corrected chi connectivity index (χ4v) is 2.08. The van der Waals surface area contributed by atoms with Crippen LogP contribution in [0.5, 0.6) is 0 Å². The second kappa shape index (κ2) is 5.99. The van der Waals surface area contributed by atoms with Gasteiger partial charge in [-0.1, -0.05) is 20.8 Å². The zero-order valence-electron chi connectivity index (χ0n) is 10.9. The van der Waals surface area contributed by atoms with E-state index in [0.717, 1.165) is 31.0 Å². The van der Waals surface area contributed by atoms with Crippen LogP contribution in [-0.2, 0) is 6.54 Å². The molecule has 0 spiro atoms. The molecule has 4 heteroatoms. The molecule has 1 aromatic rings. The largest absolute Gasteiger partial charge is 0.330 e. The molecule has 0 saturated heterocycles. The smallest absolute Gasteiger partial charge is 0.137 e. The highest BCUT2D eigenvalue weighted by molar-refractivity contribution is 5.02. The van der Waals surface area contributed by atoms with Crippen LogP contribution < -0.4 is 5.73 Å². The van der Waals surface area contributed by atoms with Crippen molar-refractivity contribution in [3.63, 3.8) is 0 Å². The quantitative estimate of drug-likeness (QED) is 0.805. The Bertz CT molecular complexity index is 317. The van der Waals surface area contributed by atoms with Crippen molar-refractivity contribution in [2.45, 2.75) is 53.0 Å². The molecule has 2 N–H and O–H groups in total. The van der Waals surface area contributed by atoms with Crippen LogP contribution in [0.1, 0.15) is 51.2 Å². The summed E-state index contributed by atoms with van der Waals surface area (Å²) in [6.07, 6.45) is 2.18. The minimum atomic E-state index is 0.341. The Morgan fingerprint density at radius 1 is 1.31 bits per heavy atom. The summed E-state index contributed by atoms with van der Waals surface area (Å²) in [7, 11) is 0. The summed E-state index contributed by atoms with van der Waals surface area (Å²) in [6.45, 7) is 10.3. The Hall–Kier alpha value is -0.900. The highest BCUT2D eigenvalue weighted by Crippen LogP contribution is 2.22. The van der Waals surface area contributed by atoms with E-state index in [9.17, 15) is 0 Å². The van der Waals surface area contributed by atoms with Gasteiger partial charge in [-0.25, -0.2) is 0 Å². The lowest BCUT2D eigenvalue weighted by Gasteiger charge is -2.17. The van der Waals surface area contributed by atoms with Gasteiger partial charge in [0.2, 0.25) is 0 Å². The number of aromatic nitrogens is 3. The topological polar surface area (TPSA) is 56.7 Å². The summed E-state index contributed by atoms with van der Waals surface area (Å²) in [5.41, 5.74) is 5.85. The summed E-state index contributed by atoms with van der Waals surface area (Å²) in [5.74, 6) is 3.04. The fourth-order valence-electron chi connectivity index (χ4n) is 2.08. The maximum atomic E-state index is 5.85. The fraction of sp³-hybridized carbons (Fsp3) is 0.833. The van der Waals surface area contributed by atoms with Gasteiger partial charge in [-0.15, -0.1) is 10.2 Å². The Morgan fingerprint density at radius 2 is 2.00 bits per heavy atom. The molecule has 0 amide bonds. The van der Waals surface area contributed by atoms with E-state index in [1.165, 1.54) is 0 Å². The van der Waals surface area contributed by atoms with Crippen molar-refractivity contribution in [2.24, 2.45) is 11.7 Å². The SMILES string of the molecule is CCCn1c(C)nnc1C(CN)CC(C)C.